The van der Waals surface area contributed by atoms with E-state index in [0.717, 1.165) is 17.1 Å². The third-order valence-electron chi connectivity index (χ3n) is 3.90. The fraction of sp³-hybridized carbons (Fsp3) is 0.412. The molecule has 2 rings (SSSR count). The Kier molecular flexibility index (Phi) is 6.33. The molecule has 0 aliphatic heterocycles. The molecule has 7 nitrogen and oxygen atoms in total. The zero-order valence-electron chi connectivity index (χ0n) is 14.7. The summed E-state index contributed by atoms with van der Waals surface area (Å²) in [5, 5.41) is 9.32. The van der Waals surface area contributed by atoms with E-state index in [1.807, 2.05) is 30.3 Å². The SMILES string of the molecule is Cc1n[nH]c(C)c1S(=O)(=O)N(C)CC(=O)NCCCc1ccccc1. The number of H-pyrrole nitrogens is 1. The predicted octanol–water partition coefficient (Wildman–Crippen LogP) is 1.40. The Hall–Kier alpha value is -2.19. The van der Waals surface area contributed by atoms with Crippen LogP contribution in [0.2, 0.25) is 0 Å². The molecule has 0 aliphatic rings. The van der Waals surface area contributed by atoms with Crippen LogP contribution in [0.15, 0.2) is 35.2 Å². The number of carbonyl (C=O) groups excluding carboxylic acids is 1. The van der Waals surface area contributed by atoms with Gasteiger partial charge in [-0.05, 0) is 32.3 Å². The predicted molar refractivity (Wildman–Crippen MR) is 95.7 cm³/mol. The molecule has 0 unspecified atom stereocenters. The first-order valence-corrected chi connectivity index (χ1v) is 9.55. The van der Waals surface area contributed by atoms with Crippen molar-refractivity contribution in [3.63, 3.8) is 0 Å². The highest BCUT2D eigenvalue weighted by Gasteiger charge is 2.28. The van der Waals surface area contributed by atoms with Crippen LogP contribution >= 0.6 is 0 Å². The molecule has 0 saturated heterocycles. The second-order valence-corrected chi connectivity index (χ2v) is 7.95. The average Bonchev–Trinajstić information content (AvgIpc) is 2.92. The normalized spacial score (nSPS) is 11.7. The van der Waals surface area contributed by atoms with E-state index in [4.69, 9.17) is 0 Å². The second-order valence-electron chi connectivity index (χ2n) is 5.96. The molecule has 0 aliphatic carbocycles. The van der Waals surface area contributed by atoms with Crippen molar-refractivity contribution in [3.8, 4) is 0 Å². The fourth-order valence-corrected chi connectivity index (χ4v) is 4.04. The van der Waals surface area contributed by atoms with Crippen molar-refractivity contribution in [2.45, 2.75) is 31.6 Å². The maximum Gasteiger partial charge on any atom is 0.246 e. The van der Waals surface area contributed by atoms with E-state index in [0.29, 0.717) is 17.9 Å². The number of aryl methyl sites for hydroxylation is 3. The molecular weight excluding hydrogens is 340 g/mol. The summed E-state index contributed by atoms with van der Waals surface area (Å²) in [5.41, 5.74) is 2.07. The minimum atomic E-state index is -3.75. The van der Waals surface area contributed by atoms with Crippen LogP contribution in [0.4, 0.5) is 0 Å². The third kappa shape index (κ3) is 4.90. The Morgan fingerprint density at radius 1 is 1.24 bits per heavy atom. The van der Waals surface area contributed by atoms with E-state index in [-0.39, 0.29) is 17.3 Å². The van der Waals surface area contributed by atoms with Crippen LogP contribution < -0.4 is 5.32 Å². The van der Waals surface area contributed by atoms with Crippen LogP contribution in [0.5, 0.6) is 0 Å². The molecule has 0 saturated carbocycles. The van der Waals surface area contributed by atoms with Crippen LogP contribution in [0.25, 0.3) is 0 Å². The lowest BCUT2D eigenvalue weighted by Crippen LogP contribution is -2.39. The second kappa shape index (κ2) is 8.26. The minimum Gasteiger partial charge on any atom is -0.355 e. The number of likely N-dealkylation sites (N-methyl/N-ethyl adjacent to an activating group) is 1. The van der Waals surface area contributed by atoms with Gasteiger partial charge in [0.05, 0.1) is 17.9 Å². The van der Waals surface area contributed by atoms with Gasteiger partial charge in [0.2, 0.25) is 15.9 Å². The number of sulfonamides is 1. The van der Waals surface area contributed by atoms with E-state index in [1.54, 1.807) is 13.8 Å². The van der Waals surface area contributed by atoms with Crippen LogP contribution in [-0.2, 0) is 21.2 Å². The number of nitrogens with zero attached hydrogens (tertiary/aromatic N) is 2. The standard InChI is InChI=1S/C17H24N4O3S/c1-13-17(14(2)20-19-13)25(23,24)21(3)12-16(22)18-11-7-10-15-8-5-4-6-9-15/h4-6,8-9H,7,10-12H2,1-3H3,(H,18,22)(H,19,20). The summed E-state index contributed by atoms with van der Waals surface area (Å²) in [6.07, 6.45) is 1.66. The molecule has 25 heavy (non-hydrogen) atoms. The Labute approximate surface area is 148 Å². The van der Waals surface area contributed by atoms with Gasteiger partial charge in [-0.1, -0.05) is 30.3 Å². The number of hydrogen-bond acceptors (Lipinski definition) is 4. The van der Waals surface area contributed by atoms with Crippen molar-refractivity contribution in [1.29, 1.82) is 0 Å². The first kappa shape index (κ1) is 19.1. The number of benzene rings is 1. The highest BCUT2D eigenvalue weighted by atomic mass is 32.2. The first-order chi connectivity index (χ1) is 11.8. The zero-order valence-corrected chi connectivity index (χ0v) is 15.6. The van der Waals surface area contributed by atoms with Crippen LogP contribution in [0.1, 0.15) is 23.4 Å². The number of hydrogen-bond donors (Lipinski definition) is 2. The molecule has 0 atom stereocenters. The molecule has 1 aromatic heterocycles. The Balaban J connectivity index is 1.83. The zero-order chi connectivity index (χ0) is 18.4. The van der Waals surface area contributed by atoms with Gasteiger partial charge in [-0.3, -0.25) is 9.89 Å². The number of amides is 1. The lowest BCUT2D eigenvalue weighted by Gasteiger charge is -2.17. The molecular formula is C17H24N4O3S. The van der Waals surface area contributed by atoms with Crippen LogP contribution in [-0.4, -0.2) is 49.0 Å². The van der Waals surface area contributed by atoms with Gasteiger partial charge in [-0.25, -0.2) is 8.42 Å². The van der Waals surface area contributed by atoms with E-state index in [1.165, 1.54) is 12.6 Å². The van der Waals surface area contributed by atoms with Crippen molar-refractivity contribution in [2.24, 2.45) is 0 Å². The maximum atomic E-state index is 12.6. The first-order valence-electron chi connectivity index (χ1n) is 8.11. The lowest BCUT2D eigenvalue weighted by molar-refractivity contribution is -0.121. The Bertz CT molecular complexity index is 796. The molecule has 1 amide bonds. The quantitative estimate of drug-likeness (QED) is 0.692. The summed E-state index contributed by atoms with van der Waals surface area (Å²) in [7, 11) is -2.35. The Morgan fingerprint density at radius 2 is 1.92 bits per heavy atom. The Morgan fingerprint density at radius 3 is 2.52 bits per heavy atom. The molecule has 1 heterocycles. The number of nitrogens with one attached hydrogen (secondary N) is 2. The summed E-state index contributed by atoms with van der Waals surface area (Å²) in [6.45, 7) is 3.54. The van der Waals surface area contributed by atoms with Gasteiger partial charge in [0.25, 0.3) is 0 Å². The maximum absolute atomic E-state index is 12.6. The number of aromatic nitrogens is 2. The van der Waals surface area contributed by atoms with E-state index in [2.05, 4.69) is 15.5 Å². The van der Waals surface area contributed by atoms with Crippen molar-refractivity contribution in [1.82, 2.24) is 19.8 Å². The minimum absolute atomic E-state index is 0.131. The van der Waals surface area contributed by atoms with E-state index in [9.17, 15) is 13.2 Å². The van der Waals surface area contributed by atoms with Crippen molar-refractivity contribution in [2.75, 3.05) is 20.1 Å². The molecule has 1 aromatic carbocycles. The number of rotatable bonds is 8. The molecule has 2 N–H and O–H groups in total. The molecule has 0 fully saturated rings. The molecule has 0 radical (unpaired) electrons. The van der Waals surface area contributed by atoms with Crippen molar-refractivity contribution >= 4 is 15.9 Å². The molecule has 0 spiro atoms. The highest BCUT2D eigenvalue weighted by Crippen LogP contribution is 2.20. The van der Waals surface area contributed by atoms with Crippen LogP contribution in [0, 0.1) is 13.8 Å². The van der Waals surface area contributed by atoms with Gasteiger partial charge in [0.15, 0.2) is 0 Å². The molecule has 2 aromatic rings. The molecule has 0 bridgehead atoms. The lowest BCUT2D eigenvalue weighted by atomic mass is 10.1. The third-order valence-corrected chi connectivity index (χ3v) is 5.97. The summed E-state index contributed by atoms with van der Waals surface area (Å²) >= 11 is 0. The van der Waals surface area contributed by atoms with Gasteiger partial charge < -0.3 is 5.32 Å². The topological polar surface area (TPSA) is 95.2 Å². The van der Waals surface area contributed by atoms with E-state index < -0.39 is 10.0 Å². The number of aromatic amines is 1. The monoisotopic (exact) mass is 364 g/mol. The molecule has 136 valence electrons. The summed E-state index contributed by atoms with van der Waals surface area (Å²) in [5.74, 6) is -0.321. The summed E-state index contributed by atoms with van der Waals surface area (Å²) < 4.78 is 26.2. The average molecular weight is 364 g/mol. The van der Waals surface area contributed by atoms with Gasteiger partial charge in [-0.15, -0.1) is 0 Å². The van der Waals surface area contributed by atoms with Gasteiger partial charge in [-0.2, -0.15) is 9.40 Å². The highest BCUT2D eigenvalue weighted by molar-refractivity contribution is 7.89. The smallest absolute Gasteiger partial charge is 0.246 e. The molecule has 8 heteroatoms. The van der Waals surface area contributed by atoms with E-state index >= 15 is 0 Å². The van der Waals surface area contributed by atoms with Gasteiger partial charge in [0, 0.05) is 13.6 Å². The van der Waals surface area contributed by atoms with Crippen molar-refractivity contribution in [3.05, 3.63) is 47.3 Å². The van der Waals surface area contributed by atoms with Gasteiger partial charge >= 0.3 is 0 Å². The summed E-state index contributed by atoms with van der Waals surface area (Å²) in [6, 6.07) is 10.0. The number of carbonyl (C=O) groups is 1. The van der Waals surface area contributed by atoms with Crippen LogP contribution in [0.3, 0.4) is 0 Å². The largest absolute Gasteiger partial charge is 0.355 e. The van der Waals surface area contributed by atoms with Gasteiger partial charge in [0.1, 0.15) is 4.90 Å². The summed E-state index contributed by atoms with van der Waals surface area (Å²) in [4.78, 5) is 12.1. The fourth-order valence-electron chi connectivity index (χ4n) is 2.58. The van der Waals surface area contributed by atoms with Crippen molar-refractivity contribution < 1.29 is 13.2 Å².